The summed E-state index contributed by atoms with van der Waals surface area (Å²) in [4.78, 5) is 12.3. The molecule has 1 N–H and O–H groups in total. The number of hydrogen-bond donors (Lipinski definition) is 1. The summed E-state index contributed by atoms with van der Waals surface area (Å²) in [5, 5.41) is 3.03. The van der Waals surface area contributed by atoms with Gasteiger partial charge in [0.1, 0.15) is 0 Å². The quantitative estimate of drug-likeness (QED) is 0.787. The largest absolute Gasteiger partial charge is 0.326 e. The van der Waals surface area contributed by atoms with Crippen LogP contribution in [0.25, 0.3) is 0 Å². The van der Waals surface area contributed by atoms with Crippen molar-refractivity contribution >= 4 is 34.2 Å². The Kier molecular flexibility index (Phi) is 4.05. The Morgan fingerprint density at radius 3 is 2.50 bits per heavy atom. The predicted octanol–water partition coefficient (Wildman–Crippen LogP) is 4.03. The lowest BCUT2D eigenvalue weighted by Crippen LogP contribution is -2.28. The number of benzene rings is 2. The highest BCUT2D eigenvalue weighted by atomic mass is 127. The molecule has 0 aromatic heterocycles. The topological polar surface area (TPSA) is 29.1 Å². The van der Waals surface area contributed by atoms with E-state index in [1.807, 2.05) is 24.3 Å². The van der Waals surface area contributed by atoms with Crippen LogP contribution in [0.15, 0.2) is 48.5 Å². The summed E-state index contributed by atoms with van der Waals surface area (Å²) in [5.41, 5.74) is 3.60. The lowest BCUT2D eigenvalue weighted by Gasteiger charge is -2.23. The lowest BCUT2D eigenvalue weighted by molar-refractivity contribution is -0.120. The average molecular weight is 377 g/mol. The molecule has 0 saturated heterocycles. The van der Waals surface area contributed by atoms with Crippen molar-refractivity contribution in [3.8, 4) is 0 Å². The van der Waals surface area contributed by atoms with E-state index in [1.165, 1.54) is 14.7 Å². The van der Waals surface area contributed by atoms with Gasteiger partial charge in [0.2, 0.25) is 5.91 Å². The minimum atomic E-state index is 0.0872. The molecule has 0 bridgehead atoms. The second-order valence-electron chi connectivity index (χ2n) is 5.20. The molecule has 2 nitrogen and oxygen atoms in total. The van der Waals surface area contributed by atoms with Gasteiger partial charge in [-0.25, -0.2) is 0 Å². The molecule has 2 aromatic carbocycles. The Bertz CT molecular complexity index is 621. The molecule has 20 heavy (non-hydrogen) atoms. The van der Waals surface area contributed by atoms with Gasteiger partial charge in [-0.1, -0.05) is 24.3 Å². The Morgan fingerprint density at radius 1 is 1.05 bits per heavy atom. The molecule has 0 saturated carbocycles. The molecule has 0 aliphatic heterocycles. The fourth-order valence-electron chi connectivity index (χ4n) is 2.70. The molecule has 1 amide bonds. The third-order valence-corrected chi connectivity index (χ3v) is 4.55. The van der Waals surface area contributed by atoms with Crippen LogP contribution in [0.3, 0.4) is 0 Å². The summed E-state index contributed by atoms with van der Waals surface area (Å²) in [7, 11) is 0. The van der Waals surface area contributed by atoms with Gasteiger partial charge >= 0.3 is 0 Å². The van der Waals surface area contributed by atoms with Gasteiger partial charge in [-0.15, -0.1) is 0 Å². The fourth-order valence-corrected chi connectivity index (χ4v) is 3.06. The number of aryl methyl sites for hydroxylation is 1. The number of carbonyl (C=O) groups is 1. The molecule has 3 rings (SSSR count). The molecule has 3 heteroatoms. The Labute approximate surface area is 132 Å². The van der Waals surface area contributed by atoms with Crippen molar-refractivity contribution in [1.29, 1.82) is 0 Å². The van der Waals surface area contributed by atoms with Gasteiger partial charge in [-0.2, -0.15) is 0 Å². The van der Waals surface area contributed by atoms with Gasteiger partial charge in [-0.3, -0.25) is 4.79 Å². The van der Waals surface area contributed by atoms with Crippen LogP contribution >= 0.6 is 22.6 Å². The zero-order valence-electron chi connectivity index (χ0n) is 11.1. The third-order valence-electron chi connectivity index (χ3n) is 3.83. The lowest BCUT2D eigenvalue weighted by atomic mass is 9.83. The normalized spacial score (nSPS) is 17.4. The summed E-state index contributed by atoms with van der Waals surface area (Å²) in [6.45, 7) is 0. The molecule has 0 spiro atoms. The maximum absolute atomic E-state index is 12.3. The molecule has 1 atom stereocenters. The number of carbonyl (C=O) groups excluding carboxylic acids is 1. The summed E-state index contributed by atoms with van der Waals surface area (Å²) in [6, 6.07) is 16.4. The van der Waals surface area contributed by atoms with E-state index in [0.717, 1.165) is 24.9 Å². The number of hydrogen-bond acceptors (Lipinski definition) is 1. The van der Waals surface area contributed by atoms with E-state index in [2.05, 4.69) is 52.2 Å². The van der Waals surface area contributed by atoms with Gasteiger partial charge < -0.3 is 5.32 Å². The first-order chi connectivity index (χ1) is 9.72. The first kappa shape index (κ1) is 13.6. The Balaban J connectivity index is 1.68. The van der Waals surface area contributed by atoms with Crippen molar-refractivity contribution in [2.24, 2.45) is 5.92 Å². The van der Waals surface area contributed by atoms with Gasteiger partial charge in [0.05, 0.1) is 0 Å². The minimum absolute atomic E-state index is 0.0872. The van der Waals surface area contributed by atoms with Gasteiger partial charge in [0, 0.05) is 15.2 Å². The highest BCUT2D eigenvalue weighted by Gasteiger charge is 2.24. The highest BCUT2D eigenvalue weighted by molar-refractivity contribution is 14.1. The van der Waals surface area contributed by atoms with E-state index in [4.69, 9.17) is 0 Å². The zero-order chi connectivity index (χ0) is 13.9. The van der Waals surface area contributed by atoms with E-state index < -0.39 is 0 Å². The summed E-state index contributed by atoms with van der Waals surface area (Å²) in [6.07, 6.45) is 2.79. The monoisotopic (exact) mass is 377 g/mol. The van der Waals surface area contributed by atoms with E-state index in [-0.39, 0.29) is 11.8 Å². The first-order valence-corrected chi connectivity index (χ1v) is 7.93. The van der Waals surface area contributed by atoms with Crippen molar-refractivity contribution < 1.29 is 4.79 Å². The fraction of sp³-hybridized carbons (Fsp3) is 0.235. The van der Waals surface area contributed by atoms with Crippen LogP contribution in [0, 0.1) is 9.49 Å². The van der Waals surface area contributed by atoms with Gasteiger partial charge in [0.15, 0.2) is 0 Å². The van der Waals surface area contributed by atoms with Gasteiger partial charge in [0.25, 0.3) is 0 Å². The summed E-state index contributed by atoms with van der Waals surface area (Å²) < 4.78 is 1.17. The Morgan fingerprint density at radius 2 is 1.75 bits per heavy atom. The predicted molar refractivity (Wildman–Crippen MR) is 89.7 cm³/mol. The van der Waals surface area contributed by atoms with Gasteiger partial charge in [-0.05, 0) is 77.2 Å². The van der Waals surface area contributed by atoms with Crippen LogP contribution < -0.4 is 5.32 Å². The molecular formula is C17H16INO. The van der Waals surface area contributed by atoms with E-state index in [9.17, 15) is 4.79 Å². The highest BCUT2D eigenvalue weighted by Crippen LogP contribution is 2.26. The van der Waals surface area contributed by atoms with Crippen LogP contribution in [0.5, 0.6) is 0 Å². The number of amides is 1. The van der Waals surface area contributed by atoms with Crippen molar-refractivity contribution in [2.45, 2.75) is 19.3 Å². The van der Waals surface area contributed by atoms with Crippen LogP contribution in [0.2, 0.25) is 0 Å². The summed E-state index contributed by atoms with van der Waals surface area (Å²) in [5.74, 6) is 0.227. The Hall–Kier alpha value is -1.36. The molecule has 0 radical (unpaired) electrons. The molecule has 102 valence electrons. The number of halogens is 1. The average Bonchev–Trinajstić information content (AvgIpc) is 2.49. The van der Waals surface area contributed by atoms with Crippen molar-refractivity contribution in [3.63, 3.8) is 0 Å². The molecular weight excluding hydrogens is 361 g/mol. The number of rotatable bonds is 2. The molecule has 2 aromatic rings. The van der Waals surface area contributed by atoms with E-state index in [1.54, 1.807) is 0 Å². The van der Waals surface area contributed by atoms with Crippen LogP contribution in [0.4, 0.5) is 5.69 Å². The molecule has 1 unspecified atom stereocenters. The van der Waals surface area contributed by atoms with Crippen LogP contribution in [-0.4, -0.2) is 5.91 Å². The second kappa shape index (κ2) is 5.95. The maximum atomic E-state index is 12.3. The van der Waals surface area contributed by atoms with E-state index >= 15 is 0 Å². The standard InChI is InChI=1S/C17H16INO/c18-15-7-9-16(10-8-15)19-17(20)14-6-5-12-3-1-2-4-13(12)11-14/h1-4,7-10,14H,5-6,11H2,(H,19,20). The smallest absolute Gasteiger partial charge is 0.227 e. The van der Waals surface area contributed by atoms with Crippen LogP contribution in [-0.2, 0) is 17.6 Å². The molecule has 0 fully saturated rings. The molecule has 0 heterocycles. The first-order valence-electron chi connectivity index (χ1n) is 6.85. The minimum Gasteiger partial charge on any atom is -0.326 e. The zero-order valence-corrected chi connectivity index (χ0v) is 13.3. The van der Waals surface area contributed by atoms with Crippen molar-refractivity contribution in [1.82, 2.24) is 0 Å². The summed E-state index contributed by atoms with van der Waals surface area (Å²) >= 11 is 2.26. The molecule has 1 aliphatic rings. The number of nitrogens with one attached hydrogen (secondary N) is 1. The third kappa shape index (κ3) is 3.03. The van der Waals surface area contributed by atoms with Crippen molar-refractivity contribution in [2.75, 3.05) is 5.32 Å². The number of fused-ring (bicyclic) bond motifs is 1. The van der Waals surface area contributed by atoms with Crippen molar-refractivity contribution in [3.05, 3.63) is 63.2 Å². The maximum Gasteiger partial charge on any atom is 0.227 e. The number of anilines is 1. The molecule has 1 aliphatic carbocycles. The SMILES string of the molecule is O=C(Nc1ccc(I)cc1)C1CCc2ccccc2C1. The van der Waals surface area contributed by atoms with E-state index in [0.29, 0.717) is 0 Å². The second-order valence-corrected chi connectivity index (χ2v) is 6.45. The van der Waals surface area contributed by atoms with Crippen LogP contribution in [0.1, 0.15) is 17.5 Å².